The number of hydrogen-bond acceptors (Lipinski definition) is 2. The summed E-state index contributed by atoms with van der Waals surface area (Å²) in [6.07, 6.45) is 2.39. The van der Waals surface area contributed by atoms with Gasteiger partial charge in [0.15, 0.2) is 0 Å². The Hall–Kier alpha value is -2.75. The molecule has 2 N–H and O–H groups in total. The van der Waals surface area contributed by atoms with Crippen molar-refractivity contribution in [1.29, 1.82) is 0 Å². The molecule has 0 saturated carbocycles. The van der Waals surface area contributed by atoms with Crippen molar-refractivity contribution < 1.29 is 9.53 Å². The molecular formula is C20H20N2O2. The van der Waals surface area contributed by atoms with E-state index in [0.717, 1.165) is 24.8 Å². The number of fused-ring (bicyclic) bond motifs is 3. The van der Waals surface area contributed by atoms with E-state index in [0.29, 0.717) is 6.61 Å². The molecule has 122 valence electrons. The number of para-hydroxylation sites is 1. The lowest BCUT2D eigenvalue weighted by Gasteiger charge is -2.23. The number of amides is 1. The number of aryl methyl sites for hydroxylation is 1. The van der Waals surface area contributed by atoms with Crippen molar-refractivity contribution >= 4 is 17.0 Å². The summed E-state index contributed by atoms with van der Waals surface area (Å²) < 4.78 is 5.32. The molecule has 0 aliphatic heterocycles. The van der Waals surface area contributed by atoms with Crippen LogP contribution in [0.15, 0.2) is 54.6 Å². The van der Waals surface area contributed by atoms with E-state index in [1.54, 1.807) is 0 Å². The maximum absolute atomic E-state index is 12.0. The molecule has 0 saturated heterocycles. The zero-order valence-corrected chi connectivity index (χ0v) is 13.4. The van der Waals surface area contributed by atoms with Crippen LogP contribution in [0.4, 0.5) is 4.79 Å². The monoisotopic (exact) mass is 320 g/mol. The van der Waals surface area contributed by atoms with Crippen LogP contribution in [0.5, 0.6) is 0 Å². The number of nitrogens with one attached hydrogen (secondary N) is 2. The van der Waals surface area contributed by atoms with Crippen LogP contribution in [0.2, 0.25) is 0 Å². The summed E-state index contributed by atoms with van der Waals surface area (Å²) in [5.74, 6) is 0. The molecule has 0 radical (unpaired) electrons. The molecule has 3 aromatic rings. The molecule has 4 nitrogen and oxygen atoms in total. The number of alkyl carbamates (subject to hydrolysis) is 1. The second-order valence-corrected chi connectivity index (χ2v) is 6.27. The number of carbonyl (C=O) groups excluding carboxylic acids is 1. The molecule has 0 fully saturated rings. The van der Waals surface area contributed by atoms with Gasteiger partial charge in [-0.2, -0.15) is 0 Å². The van der Waals surface area contributed by atoms with E-state index in [-0.39, 0.29) is 12.1 Å². The number of aromatic amines is 1. The number of hydrogen-bond donors (Lipinski definition) is 2. The van der Waals surface area contributed by atoms with E-state index < -0.39 is 0 Å². The number of benzene rings is 2. The van der Waals surface area contributed by atoms with Crippen LogP contribution >= 0.6 is 0 Å². The fourth-order valence-corrected chi connectivity index (χ4v) is 3.44. The SMILES string of the molecule is O=C(NC1CCc2c([nH]c3ccccc23)C1)OCc1ccccc1. The van der Waals surface area contributed by atoms with Crippen LogP contribution < -0.4 is 5.32 Å². The number of carbonyl (C=O) groups is 1. The lowest BCUT2D eigenvalue weighted by molar-refractivity contribution is 0.134. The fraction of sp³-hybridized carbons (Fsp3) is 0.250. The van der Waals surface area contributed by atoms with Crippen molar-refractivity contribution in [2.75, 3.05) is 0 Å². The van der Waals surface area contributed by atoms with E-state index in [4.69, 9.17) is 4.74 Å². The number of H-pyrrole nitrogens is 1. The quantitative estimate of drug-likeness (QED) is 0.767. The highest BCUT2D eigenvalue weighted by atomic mass is 16.5. The van der Waals surface area contributed by atoms with Crippen LogP contribution in [0.1, 0.15) is 23.2 Å². The molecule has 2 aromatic carbocycles. The number of rotatable bonds is 3. The van der Waals surface area contributed by atoms with Crippen LogP contribution in [0, 0.1) is 0 Å². The summed E-state index contributed by atoms with van der Waals surface area (Å²) >= 11 is 0. The second-order valence-electron chi connectivity index (χ2n) is 6.27. The van der Waals surface area contributed by atoms with Gasteiger partial charge in [0.1, 0.15) is 6.61 Å². The van der Waals surface area contributed by atoms with Crippen molar-refractivity contribution in [3.63, 3.8) is 0 Å². The summed E-state index contributed by atoms with van der Waals surface area (Å²) in [5.41, 5.74) is 4.79. The van der Waals surface area contributed by atoms with E-state index in [1.165, 1.54) is 22.2 Å². The Kier molecular flexibility index (Phi) is 3.95. The zero-order chi connectivity index (χ0) is 16.4. The summed E-state index contributed by atoms with van der Waals surface area (Å²) in [7, 11) is 0. The lowest BCUT2D eigenvalue weighted by atomic mass is 9.92. The minimum absolute atomic E-state index is 0.119. The topological polar surface area (TPSA) is 54.1 Å². The van der Waals surface area contributed by atoms with Gasteiger partial charge in [-0.25, -0.2) is 4.79 Å². The molecule has 0 bridgehead atoms. The minimum atomic E-state index is -0.344. The summed E-state index contributed by atoms with van der Waals surface area (Å²) in [6.45, 7) is 0.303. The van der Waals surface area contributed by atoms with Crippen molar-refractivity contribution in [3.8, 4) is 0 Å². The molecule has 4 heteroatoms. The average molecular weight is 320 g/mol. The number of ether oxygens (including phenoxy) is 1. The molecular weight excluding hydrogens is 300 g/mol. The van der Waals surface area contributed by atoms with Crippen molar-refractivity contribution in [2.24, 2.45) is 0 Å². The molecule has 1 heterocycles. The molecule has 1 unspecified atom stereocenters. The van der Waals surface area contributed by atoms with Gasteiger partial charge in [-0.15, -0.1) is 0 Å². The van der Waals surface area contributed by atoms with Crippen molar-refractivity contribution in [3.05, 3.63) is 71.4 Å². The van der Waals surface area contributed by atoms with Gasteiger partial charge in [-0.05, 0) is 30.0 Å². The van der Waals surface area contributed by atoms with Gasteiger partial charge in [0.2, 0.25) is 0 Å². The average Bonchev–Trinajstić information content (AvgIpc) is 2.98. The maximum atomic E-state index is 12.0. The largest absolute Gasteiger partial charge is 0.445 e. The zero-order valence-electron chi connectivity index (χ0n) is 13.4. The van der Waals surface area contributed by atoms with Gasteiger partial charge in [-0.3, -0.25) is 0 Å². The van der Waals surface area contributed by atoms with Gasteiger partial charge >= 0.3 is 6.09 Å². The highest BCUT2D eigenvalue weighted by Gasteiger charge is 2.23. The standard InChI is InChI=1S/C20H20N2O2/c23-20(24-13-14-6-2-1-3-7-14)21-15-10-11-17-16-8-4-5-9-18(16)22-19(17)12-15/h1-9,15,22H,10-13H2,(H,21,23). The van der Waals surface area contributed by atoms with Gasteiger partial charge in [0.25, 0.3) is 0 Å². The van der Waals surface area contributed by atoms with Crippen molar-refractivity contribution in [1.82, 2.24) is 10.3 Å². The molecule has 1 aliphatic rings. The van der Waals surface area contributed by atoms with E-state index in [1.807, 2.05) is 36.4 Å². The Balaban J connectivity index is 1.37. The molecule has 1 aliphatic carbocycles. The Labute approximate surface area is 140 Å². The summed E-state index contributed by atoms with van der Waals surface area (Å²) in [5, 5.41) is 4.30. The minimum Gasteiger partial charge on any atom is -0.445 e. The van der Waals surface area contributed by atoms with Gasteiger partial charge in [-0.1, -0.05) is 48.5 Å². The second kappa shape index (κ2) is 6.40. The van der Waals surface area contributed by atoms with E-state index in [2.05, 4.69) is 28.5 Å². The van der Waals surface area contributed by atoms with E-state index >= 15 is 0 Å². The molecule has 0 spiro atoms. The fourth-order valence-electron chi connectivity index (χ4n) is 3.44. The first-order valence-corrected chi connectivity index (χ1v) is 8.35. The molecule has 24 heavy (non-hydrogen) atoms. The first-order chi connectivity index (χ1) is 11.8. The van der Waals surface area contributed by atoms with Crippen LogP contribution in [-0.2, 0) is 24.2 Å². The Morgan fingerprint density at radius 3 is 2.79 bits per heavy atom. The predicted octanol–water partition coefficient (Wildman–Crippen LogP) is 3.95. The third-order valence-electron chi connectivity index (χ3n) is 4.63. The van der Waals surface area contributed by atoms with Crippen LogP contribution in [-0.4, -0.2) is 17.1 Å². The predicted molar refractivity (Wildman–Crippen MR) is 93.9 cm³/mol. The Bertz CT molecular complexity index is 854. The van der Waals surface area contributed by atoms with Crippen LogP contribution in [0.3, 0.4) is 0 Å². The van der Waals surface area contributed by atoms with Crippen molar-refractivity contribution in [2.45, 2.75) is 31.9 Å². The molecule has 1 atom stereocenters. The normalized spacial score (nSPS) is 16.6. The van der Waals surface area contributed by atoms with Gasteiger partial charge in [0.05, 0.1) is 0 Å². The summed E-state index contributed by atoms with van der Waals surface area (Å²) in [4.78, 5) is 15.5. The smallest absolute Gasteiger partial charge is 0.407 e. The van der Waals surface area contributed by atoms with Gasteiger partial charge < -0.3 is 15.0 Å². The lowest BCUT2D eigenvalue weighted by Crippen LogP contribution is -2.39. The number of aromatic nitrogens is 1. The summed E-state index contributed by atoms with van der Waals surface area (Å²) in [6, 6.07) is 18.2. The molecule has 4 rings (SSSR count). The highest BCUT2D eigenvalue weighted by molar-refractivity contribution is 5.85. The first-order valence-electron chi connectivity index (χ1n) is 8.35. The molecule has 1 aromatic heterocycles. The highest BCUT2D eigenvalue weighted by Crippen LogP contribution is 2.29. The maximum Gasteiger partial charge on any atom is 0.407 e. The first kappa shape index (κ1) is 14.8. The van der Waals surface area contributed by atoms with Crippen LogP contribution in [0.25, 0.3) is 10.9 Å². The molecule has 1 amide bonds. The Morgan fingerprint density at radius 1 is 1.12 bits per heavy atom. The van der Waals surface area contributed by atoms with Gasteiger partial charge in [0, 0.05) is 29.1 Å². The Morgan fingerprint density at radius 2 is 1.92 bits per heavy atom. The third kappa shape index (κ3) is 3.00. The van der Waals surface area contributed by atoms with E-state index in [9.17, 15) is 4.79 Å². The third-order valence-corrected chi connectivity index (χ3v) is 4.63.